The summed E-state index contributed by atoms with van der Waals surface area (Å²) in [7, 11) is 0. The first-order valence-corrected chi connectivity index (χ1v) is 4.64. The Bertz CT molecular complexity index is 250. The maximum Gasteiger partial charge on any atom is 0.105 e. The average molecular weight is 165 g/mol. The number of aromatic amines is 1. The summed E-state index contributed by atoms with van der Waals surface area (Å²) in [6, 6.07) is 0.776. The number of nitrogens with zero attached hydrogens (tertiary/aromatic N) is 1. The lowest BCUT2D eigenvalue weighted by atomic mass is 10.4. The third-order valence-electron chi connectivity index (χ3n) is 2.17. The molecule has 0 spiro atoms. The van der Waals surface area contributed by atoms with Gasteiger partial charge in [-0.3, -0.25) is 0 Å². The van der Waals surface area contributed by atoms with E-state index in [2.05, 4.69) is 22.2 Å². The molecule has 66 valence electrons. The number of nitrogens with one attached hydrogen (secondary N) is 2. The molecule has 1 aromatic heterocycles. The monoisotopic (exact) mass is 165 g/mol. The van der Waals surface area contributed by atoms with Gasteiger partial charge in [0.15, 0.2) is 0 Å². The molecule has 1 saturated carbocycles. The largest absolute Gasteiger partial charge is 0.345 e. The molecule has 3 nitrogen and oxygen atoms in total. The minimum atomic E-state index is 0.776. The quantitative estimate of drug-likeness (QED) is 0.704. The van der Waals surface area contributed by atoms with Crippen molar-refractivity contribution >= 4 is 0 Å². The second-order valence-electron chi connectivity index (χ2n) is 3.36. The van der Waals surface area contributed by atoms with E-state index in [4.69, 9.17) is 0 Å². The molecule has 1 aliphatic carbocycles. The van der Waals surface area contributed by atoms with E-state index < -0.39 is 0 Å². The van der Waals surface area contributed by atoms with Crippen LogP contribution < -0.4 is 5.32 Å². The predicted octanol–water partition coefficient (Wildman–Crippen LogP) is 1.22. The Morgan fingerprint density at radius 3 is 3.08 bits per heavy atom. The van der Waals surface area contributed by atoms with Crippen LogP contribution in [0.4, 0.5) is 0 Å². The number of hydrogen-bond donors (Lipinski definition) is 2. The Balaban J connectivity index is 1.84. The fourth-order valence-electron chi connectivity index (χ4n) is 1.22. The van der Waals surface area contributed by atoms with E-state index in [0.29, 0.717) is 0 Å². The normalized spacial score (nSPS) is 16.8. The van der Waals surface area contributed by atoms with Crippen molar-refractivity contribution < 1.29 is 0 Å². The molecule has 1 aromatic rings. The highest BCUT2D eigenvalue weighted by molar-refractivity contribution is 5.01. The molecule has 0 atom stereocenters. The van der Waals surface area contributed by atoms with Crippen LogP contribution in [0.25, 0.3) is 0 Å². The second kappa shape index (κ2) is 3.27. The van der Waals surface area contributed by atoms with Crippen molar-refractivity contribution in [1.29, 1.82) is 0 Å². The molecule has 2 N–H and O–H groups in total. The standard InChI is InChI=1S/C9H15N3/c1-2-9-11-6-8(12-9)5-10-7-3-4-7/h6-7,10H,2-5H2,1H3,(H,11,12). The molecule has 0 saturated heterocycles. The van der Waals surface area contributed by atoms with Crippen molar-refractivity contribution in [2.24, 2.45) is 0 Å². The summed E-state index contributed by atoms with van der Waals surface area (Å²) in [5.74, 6) is 1.09. The highest BCUT2D eigenvalue weighted by atomic mass is 15.0. The van der Waals surface area contributed by atoms with Gasteiger partial charge in [0.2, 0.25) is 0 Å². The molecule has 0 radical (unpaired) electrons. The molecule has 0 bridgehead atoms. The summed E-state index contributed by atoms with van der Waals surface area (Å²) in [4.78, 5) is 7.51. The lowest BCUT2D eigenvalue weighted by Crippen LogP contribution is -2.15. The van der Waals surface area contributed by atoms with Crippen LogP contribution in [0.5, 0.6) is 0 Å². The number of hydrogen-bond acceptors (Lipinski definition) is 2. The maximum atomic E-state index is 4.24. The third kappa shape index (κ3) is 1.85. The third-order valence-corrected chi connectivity index (χ3v) is 2.17. The highest BCUT2D eigenvalue weighted by Crippen LogP contribution is 2.18. The van der Waals surface area contributed by atoms with Gasteiger partial charge in [0.05, 0.1) is 0 Å². The van der Waals surface area contributed by atoms with E-state index in [9.17, 15) is 0 Å². The van der Waals surface area contributed by atoms with Crippen molar-refractivity contribution in [1.82, 2.24) is 15.3 Å². The predicted molar refractivity (Wildman–Crippen MR) is 47.8 cm³/mol. The van der Waals surface area contributed by atoms with E-state index in [-0.39, 0.29) is 0 Å². The van der Waals surface area contributed by atoms with Gasteiger partial charge in [-0.25, -0.2) is 4.98 Å². The molecular formula is C9H15N3. The number of aromatic nitrogens is 2. The summed E-state index contributed by atoms with van der Waals surface area (Å²) < 4.78 is 0. The van der Waals surface area contributed by atoms with Gasteiger partial charge in [-0.2, -0.15) is 0 Å². The second-order valence-corrected chi connectivity index (χ2v) is 3.36. The minimum Gasteiger partial charge on any atom is -0.345 e. The Hall–Kier alpha value is -0.830. The van der Waals surface area contributed by atoms with Crippen molar-refractivity contribution in [3.8, 4) is 0 Å². The van der Waals surface area contributed by atoms with Gasteiger partial charge in [0, 0.05) is 30.9 Å². The summed E-state index contributed by atoms with van der Waals surface area (Å²) in [5, 5.41) is 3.44. The zero-order valence-corrected chi connectivity index (χ0v) is 7.43. The van der Waals surface area contributed by atoms with Crippen molar-refractivity contribution in [2.75, 3.05) is 0 Å². The lowest BCUT2D eigenvalue weighted by Gasteiger charge is -1.97. The van der Waals surface area contributed by atoms with Gasteiger partial charge < -0.3 is 10.3 Å². The first-order chi connectivity index (χ1) is 5.88. The maximum absolute atomic E-state index is 4.24. The molecule has 0 aliphatic heterocycles. The molecule has 1 aliphatic rings. The van der Waals surface area contributed by atoms with Crippen LogP contribution in [-0.2, 0) is 13.0 Å². The number of H-pyrrole nitrogens is 1. The molecule has 0 amide bonds. The summed E-state index contributed by atoms with van der Waals surface area (Å²) in [6.07, 6.45) is 5.60. The van der Waals surface area contributed by atoms with E-state index in [1.807, 2.05) is 6.20 Å². The topological polar surface area (TPSA) is 40.7 Å². The smallest absolute Gasteiger partial charge is 0.105 e. The lowest BCUT2D eigenvalue weighted by molar-refractivity contribution is 0.675. The van der Waals surface area contributed by atoms with Gasteiger partial charge >= 0.3 is 0 Å². The van der Waals surface area contributed by atoms with Crippen LogP contribution >= 0.6 is 0 Å². The molecule has 0 unspecified atom stereocenters. The minimum absolute atomic E-state index is 0.776. The Kier molecular flexibility index (Phi) is 2.13. The summed E-state index contributed by atoms with van der Waals surface area (Å²) in [5.41, 5.74) is 1.21. The van der Waals surface area contributed by atoms with Crippen LogP contribution in [-0.4, -0.2) is 16.0 Å². The summed E-state index contributed by atoms with van der Waals surface area (Å²) in [6.45, 7) is 3.05. The Morgan fingerprint density at radius 2 is 2.50 bits per heavy atom. The number of imidazole rings is 1. The van der Waals surface area contributed by atoms with Crippen LogP contribution in [0, 0.1) is 0 Å². The zero-order valence-electron chi connectivity index (χ0n) is 7.43. The van der Waals surface area contributed by atoms with Crippen LogP contribution in [0.15, 0.2) is 6.20 Å². The van der Waals surface area contributed by atoms with E-state index in [1.165, 1.54) is 18.5 Å². The number of aryl methyl sites for hydroxylation is 1. The SMILES string of the molecule is CCc1ncc(CNC2CC2)[nH]1. The fraction of sp³-hybridized carbons (Fsp3) is 0.667. The van der Waals surface area contributed by atoms with Crippen molar-refractivity contribution in [2.45, 2.75) is 38.8 Å². The van der Waals surface area contributed by atoms with Crippen LogP contribution in [0.3, 0.4) is 0 Å². The highest BCUT2D eigenvalue weighted by Gasteiger charge is 2.20. The van der Waals surface area contributed by atoms with Crippen molar-refractivity contribution in [3.05, 3.63) is 17.7 Å². The first-order valence-electron chi connectivity index (χ1n) is 4.64. The van der Waals surface area contributed by atoms with Crippen LogP contribution in [0.1, 0.15) is 31.3 Å². The zero-order chi connectivity index (χ0) is 8.39. The molecular weight excluding hydrogens is 150 g/mol. The fourth-order valence-corrected chi connectivity index (χ4v) is 1.22. The van der Waals surface area contributed by atoms with Crippen molar-refractivity contribution in [3.63, 3.8) is 0 Å². The Labute approximate surface area is 72.6 Å². The van der Waals surface area contributed by atoms with Gasteiger partial charge in [-0.15, -0.1) is 0 Å². The van der Waals surface area contributed by atoms with Gasteiger partial charge in [-0.1, -0.05) is 6.92 Å². The Morgan fingerprint density at radius 1 is 1.67 bits per heavy atom. The average Bonchev–Trinajstić information content (AvgIpc) is 2.81. The van der Waals surface area contributed by atoms with Gasteiger partial charge in [0.1, 0.15) is 5.82 Å². The molecule has 12 heavy (non-hydrogen) atoms. The van der Waals surface area contributed by atoms with E-state index in [1.54, 1.807) is 0 Å². The number of rotatable bonds is 4. The molecule has 1 heterocycles. The van der Waals surface area contributed by atoms with E-state index in [0.717, 1.165) is 24.8 Å². The van der Waals surface area contributed by atoms with Gasteiger partial charge in [-0.05, 0) is 12.8 Å². The first kappa shape index (κ1) is 7.80. The van der Waals surface area contributed by atoms with Gasteiger partial charge in [0.25, 0.3) is 0 Å². The summed E-state index contributed by atoms with van der Waals surface area (Å²) >= 11 is 0. The van der Waals surface area contributed by atoms with E-state index >= 15 is 0 Å². The molecule has 3 heteroatoms. The molecule has 1 fully saturated rings. The molecule has 2 rings (SSSR count). The molecule has 0 aromatic carbocycles. The van der Waals surface area contributed by atoms with Crippen LogP contribution in [0.2, 0.25) is 0 Å².